The highest BCUT2D eigenvalue weighted by molar-refractivity contribution is 6.36. The lowest BCUT2D eigenvalue weighted by Crippen LogP contribution is -2.43. The van der Waals surface area contributed by atoms with Gasteiger partial charge in [0.1, 0.15) is 6.04 Å². The number of hydrogen-bond donors (Lipinski definition) is 3. The lowest BCUT2D eigenvalue weighted by atomic mass is 10.2. The highest BCUT2D eigenvalue weighted by Crippen LogP contribution is 2.28. The quantitative estimate of drug-likeness (QED) is 0.746. The molecule has 1 unspecified atom stereocenters. The number of anilines is 1. The molecule has 0 aromatic heterocycles. The van der Waals surface area contributed by atoms with Crippen LogP contribution in [0.15, 0.2) is 12.1 Å². The number of benzene rings is 1. The summed E-state index contributed by atoms with van der Waals surface area (Å²) >= 11 is 11.9. The number of carbonyl (C=O) groups excluding carboxylic acids is 1. The average Bonchev–Trinajstić information content (AvgIpc) is 2.40. The van der Waals surface area contributed by atoms with Gasteiger partial charge in [0.05, 0.1) is 10.7 Å². The van der Waals surface area contributed by atoms with Crippen molar-refractivity contribution in [2.45, 2.75) is 19.4 Å². The van der Waals surface area contributed by atoms with Crippen LogP contribution in [0.2, 0.25) is 10.0 Å². The van der Waals surface area contributed by atoms with Gasteiger partial charge < -0.3 is 20.5 Å². The minimum atomic E-state index is -1.14. The third-order valence-electron chi connectivity index (χ3n) is 2.71. The number of methoxy groups -OCH3 is 1. The van der Waals surface area contributed by atoms with Gasteiger partial charge in [0.15, 0.2) is 0 Å². The van der Waals surface area contributed by atoms with E-state index in [0.717, 1.165) is 5.56 Å². The van der Waals surface area contributed by atoms with Gasteiger partial charge in [-0.15, -0.1) is 0 Å². The minimum Gasteiger partial charge on any atom is -0.480 e. The number of hydrogen-bond acceptors (Lipinski definition) is 3. The van der Waals surface area contributed by atoms with Crippen molar-refractivity contribution in [1.29, 1.82) is 0 Å². The Hall–Kier alpha value is -1.50. The number of rotatable bonds is 6. The highest BCUT2D eigenvalue weighted by Gasteiger charge is 2.20. The van der Waals surface area contributed by atoms with Crippen LogP contribution in [-0.4, -0.2) is 36.9 Å². The Morgan fingerprint density at radius 2 is 2.00 bits per heavy atom. The van der Waals surface area contributed by atoms with Crippen LogP contribution in [0.1, 0.15) is 12.0 Å². The van der Waals surface area contributed by atoms with Crippen molar-refractivity contribution >= 4 is 40.9 Å². The largest absolute Gasteiger partial charge is 0.480 e. The Balaban J connectivity index is 2.72. The number of aliphatic carboxylic acids is 1. The fraction of sp³-hybridized carbons (Fsp3) is 0.385. The molecule has 0 aliphatic rings. The molecule has 3 N–H and O–H groups in total. The zero-order chi connectivity index (χ0) is 16.0. The summed E-state index contributed by atoms with van der Waals surface area (Å²) in [5.74, 6) is -1.14. The van der Waals surface area contributed by atoms with Gasteiger partial charge in [0, 0.05) is 25.2 Å². The second-order valence-electron chi connectivity index (χ2n) is 4.35. The van der Waals surface area contributed by atoms with Crippen LogP contribution in [0.4, 0.5) is 10.5 Å². The summed E-state index contributed by atoms with van der Waals surface area (Å²) < 4.78 is 4.80. The summed E-state index contributed by atoms with van der Waals surface area (Å²) in [7, 11) is 1.45. The van der Waals surface area contributed by atoms with E-state index in [1.165, 1.54) is 13.2 Å². The number of ether oxygens (including phenoxy) is 1. The molecule has 1 aromatic carbocycles. The molecule has 0 fully saturated rings. The molecule has 8 heteroatoms. The Morgan fingerprint density at radius 1 is 1.33 bits per heavy atom. The topological polar surface area (TPSA) is 87.7 Å². The van der Waals surface area contributed by atoms with E-state index >= 15 is 0 Å². The first kappa shape index (κ1) is 17.6. The molecule has 0 aliphatic carbocycles. The predicted molar refractivity (Wildman–Crippen MR) is 81.3 cm³/mol. The number of carboxylic acid groups (broad SMARTS) is 1. The van der Waals surface area contributed by atoms with Crippen molar-refractivity contribution in [3.63, 3.8) is 0 Å². The third kappa shape index (κ3) is 5.41. The Kier molecular flexibility index (Phi) is 6.74. The van der Waals surface area contributed by atoms with Crippen LogP contribution in [0, 0.1) is 6.92 Å². The Morgan fingerprint density at radius 3 is 2.57 bits per heavy atom. The first-order valence-electron chi connectivity index (χ1n) is 6.10. The van der Waals surface area contributed by atoms with Crippen LogP contribution >= 0.6 is 23.2 Å². The van der Waals surface area contributed by atoms with E-state index in [4.69, 9.17) is 33.0 Å². The van der Waals surface area contributed by atoms with Gasteiger partial charge in [-0.25, -0.2) is 9.59 Å². The molecule has 1 aromatic rings. The van der Waals surface area contributed by atoms with Crippen molar-refractivity contribution in [1.82, 2.24) is 5.32 Å². The normalized spacial score (nSPS) is 11.8. The molecule has 1 atom stereocenters. The molecule has 0 aliphatic heterocycles. The van der Waals surface area contributed by atoms with Crippen LogP contribution in [0.25, 0.3) is 0 Å². The number of carboxylic acids is 1. The molecule has 0 saturated heterocycles. The highest BCUT2D eigenvalue weighted by atomic mass is 35.5. The van der Waals surface area contributed by atoms with E-state index in [0.29, 0.717) is 15.7 Å². The molecule has 21 heavy (non-hydrogen) atoms. The molecule has 116 valence electrons. The van der Waals surface area contributed by atoms with Crippen LogP contribution in [0.3, 0.4) is 0 Å². The van der Waals surface area contributed by atoms with Gasteiger partial charge in [-0.3, -0.25) is 0 Å². The number of carbonyl (C=O) groups is 2. The zero-order valence-corrected chi connectivity index (χ0v) is 13.1. The lowest BCUT2D eigenvalue weighted by molar-refractivity contribution is -0.139. The molecular weight excluding hydrogens is 319 g/mol. The van der Waals surface area contributed by atoms with Crippen LogP contribution in [-0.2, 0) is 9.53 Å². The summed E-state index contributed by atoms with van der Waals surface area (Å²) in [6, 6.07) is 1.38. The fourth-order valence-corrected chi connectivity index (χ4v) is 1.98. The maximum absolute atomic E-state index is 11.8. The average molecular weight is 335 g/mol. The monoisotopic (exact) mass is 334 g/mol. The number of nitrogens with one attached hydrogen (secondary N) is 2. The second-order valence-corrected chi connectivity index (χ2v) is 5.17. The van der Waals surface area contributed by atoms with Gasteiger partial charge in [-0.1, -0.05) is 23.2 Å². The van der Waals surface area contributed by atoms with E-state index in [-0.39, 0.29) is 13.0 Å². The first-order valence-corrected chi connectivity index (χ1v) is 6.85. The van der Waals surface area contributed by atoms with E-state index in [1.807, 2.05) is 0 Å². The van der Waals surface area contributed by atoms with Gasteiger partial charge in [0.25, 0.3) is 0 Å². The summed E-state index contributed by atoms with van der Waals surface area (Å²) in [4.78, 5) is 22.8. The molecule has 0 bridgehead atoms. The molecule has 0 heterocycles. The van der Waals surface area contributed by atoms with E-state index in [9.17, 15) is 9.59 Å². The second kappa shape index (κ2) is 8.07. The van der Waals surface area contributed by atoms with Gasteiger partial charge in [-0.2, -0.15) is 0 Å². The van der Waals surface area contributed by atoms with Crippen LogP contribution in [0.5, 0.6) is 0 Å². The van der Waals surface area contributed by atoms with Crippen molar-refractivity contribution in [2.75, 3.05) is 19.0 Å². The predicted octanol–water partition coefficient (Wildman–Crippen LogP) is 2.91. The van der Waals surface area contributed by atoms with Crippen molar-refractivity contribution in [3.05, 3.63) is 27.7 Å². The zero-order valence-electron chi connectivity index (χ0n) is 11.6. The third-order valence-corrected chi connectivity index (χ3v) is 3.43. The summed E-state index contributed by atoms with van der Waals surface area (Å²) in [5.41, 5.74) is 1.08. The van der Waals surface area contributed by atoms with E-state index in [1.54, 1.807) is 13.0 Å². The Bertz CT molecular complexity index is 537. The molecule has 0 spiro atoms. The van der Waals surface area contributed by atoms with Crippen molar-refractivity contribution in [3.8, 4) is 0 Å². The van der Waals surface area contributed by atoms with Crippen LogP contribution < -0.4 is 10.6 Å². The number of halogens is 2. The van der Waals surface area contributed by atoms with Crippen molar-refractivity contribution in [2.24, 2.45) is 0 Å². The van der Waals surface area contributed by atoms with Gasteiger partial charge in [0.2, 0.25) is 0 Å². The van der Waals surface area contributed by atoms with Gasteiger partial charge in [-0.05, 0) is 24.6 Å². The van der Waals surface area contributed by atoms with Gasteiger partial charge >= 0.3 is 12.0 Å². The lowest BCUT2D eigenvalue weighted by Gasteiger charge is -2.15. The fourth-order valence-electron chi connectivity index (χ4n) is 1.55. The molecular formula is C13H16Cl2N2O4. The van der Waals surface area contributed by atoms with Crippen molar-refractivity contribution < 1.29 is 19.4 Å². The molecule has 6 nitrogen and oxygen atoms in total. The number of urea groups is 1. The summed E-state index contributed by atoms with van der Waals surface area (Å²) in [6.07, 6.45) is 0.154. The minimum absolute atomic E-state index is 0.154. The summed E-state index contributed by atoms with van der Waals surface area (Å²) in [6.45, 7) is 2.00. The molecule has 2 amide bonds. The number of aryl methyl sites for hydroxylation is 1. The number of amides is 2. The maximum atomic E-state index is 11.8. The molecule has 0 radical (unpaired) electrons. The molecule has 0 saturated carbocycles. The van der Waals surface area contributed by atoms with E-state index in [2.05, 4.69) is 10.6 Å². The maximum Gasteiger partial charge on any atom is 0.326 e. The SMILES string of the molecule is COCCC(NC(=O)Nc1cc(Cl)c(C)cc1Cl)C(=O)O. The Labute approximate surface area is 132 Å². The van der Waals surface area contributed by atoms with E-state index < -0.39 is 18.0 Å². The summed E-state index contributed by atoms with van der Waals surface area (Å²) in [5, 5.41) is 14.6. The smallest absolute Gasteiger partial charge is 0.326 e. The first-order chi connectivity index (χ1) is 9.85. The molecule has 1 rings (SSSR count). The standard InChI is InChI=1S/C13H16Cl2N2O4/c1-7-5-9(15)11(6-8(7)14)17-13(20)16-10(12(18)19)3-4-21-2/h5-6,10H,3-4H2,1-2H3,(H,18,19)(H2,16,17,20).